The Labute approximate surface area is 122 Å². The quantitative estimate of drug-likeness (QED) is 0.819. The molecule has 0 spiro atoms. The molecule has 4 nitrogen and oxygen atoms in total. The number of hydrogen-bond acceptors (Lipinski definition) is 3. The molecule has 1 unspecified atom stereocenters. The second kappa shape index (κ2) is 5.11. The Morgan fingerprint density at radius 1 is 1.14 bits per heavy atom. The molecule has 21 heavy (non-hydrogen) atoms. The van der Waals surface area contributed by atoms with E-state index in [1.165, 1.54) is 0 Å². The van der Waals surface area contributed by atoms with Gasteiger partial charge in [0, 0.05) is 24.3 Å². The number of halogens is 1. The van der Waals surface area contributed by atoms with Crippen molar-refractivity contribution in [1.82, 2.24) is 0 Å². The monoisotopic (exact) mass is 307 g/mol. The van der Waals surface area contributed by atoms with Gasteiger partial charge in [-0.05, 0) is 11.5 Å². The molecule has 0 aromatic heterocycles. The molecule has 3 rings (SSSR count). The predicted molar refractivity (Wildman–Crippen MR) is 79.3 cm³/mol. The van der Waals surface area contributed by atoms with E-state index in [1.807, 2.05) is 42.5 Å². The van der Waals surface area contributed by atoms with Crippen molar-refractivity contribution in [2.24, 2.45) is 5.92 Å². The number of rotatable bonds is 3. The third-order valence-electron chi connectivity index (χ3n) is 3.70. The third-order valence-corrected chi connectivity index (χ3v) is 4.57. The lowest BCUT2D eigenvalue weighted by Crippen LogP contribution is -2.25. The maximum Gasteiger partial charge on any atom is 0.302 e. The summed E-state index contributed by atoms with van der Waals surface area (Å²) in [6.45, 7) is 0.232. The van der Waals surface area contributed by atoms with E-state index in [1.54, 1.807) is 4.90 Å². The summed E-state index contributed by atoms with van der Waals surface area (Å²) in [7, 11) is -4.56. The molecule has 1 aliphatic heterocycles. The number of benzene rings is 2. The van der Waals surface area contributed by atoms with Crippen molar-refractivity contribution in [3.05, 3.63) is 42.5 Å². The van der Waals surface area contributed by atoms with Gasteiger partial charge in [-0.15, -0.1) is 3.89 Å². The van der Waals surface area contributed by atoms with E-state index >= 15 is 0 Å². The van der Waals surface area contributed by atoms with Gasteiger partial charge in [-0.25, -0.2) is 0 Å². The zero-order valence-corrected chi connectivity index (χ0v) is 12.0. The highest BCUT2D eigenvalue weighted by Gasteiger charge is 2.34. The number of fused-ring (bicyclic) bond motifs is 1. The van der Waals surface area contributed by atoms with Gasteiger partial charge in [0.05, 0.1) is 11.4 Å². The minimum Gasteiger partial charge on any atom is -0.311 e. The molecule has 1 aliphatic rings. The zero-order valence-electron chi connectivity index (χ0n) is 11.2. The fraction of sp³-hybridized carbons (Fsp3) is 0.267. The lowest BCUT2D eigenvalue weighted by molar-refractivity contribution is -0.117. The summed E-state index contributed by atoms with van der Waals surface area (Å²) in [6.07, 6.45) is 0.0619. The lowest BCUT2D eigenvalue weighted by atomic mass is 10.1. The van der Waals surface area contributed by atoms with Crippen LogP contribution in [0.15, 0.2) is 42.5 Å². The van der Waals surface area contributed by atoms with Crippen molar-refractivity contribution in [3.8, 4) is 0 Å². The average Bonchev–Trinajstić information content (AvgIpc) is 2.76. The molecule has 0 bridgehead atoms. The molecule has 6 heteroatoms. The number of carbonyl (C=O) groups is 1. The molecular formula is C15H14FNO3S. The van der Waals surface area contributed by atoms with Crippen LogP contribution in [0.4, 0.5) is 9.57 Å². The standard InChI is InChI=1S/C15H14FNO3S/c16-21(19,20)10-11-8-15(18)17(9-11)14-7-3-5-12-4-1-2-6-13(12)14/h1-7,11H,8-10H2. The normalized spacial score (nSPS) is 19.4. The van der Waals surface area contributed by atoms with Crippen molar-refractivity contribution in [3.63, 3.8) is 0 Å². The second-order valence-electron chi connectivity index (χ2n) is 5.28. The molecule has 1 heterocycles. The van der Waals surface area contributed by atoms with Gasteiger partial charge in [-0.2, -0.15) is 8.42 Å². The van der Waals surface area contributed by atoms with Gasteiger partial charge in [-0.3, -0.25) is 4.79 Å². The Bertz CT molecular complexity index is 798. The average molecular weight is 307 g/mol. The first-order valence-corrected chi connectivity index (χ1v) is 8.20. The molecule has 1 amide bonds. The maximum atomic E-state index is 12.8. The number of amides is 1. The first kappa shape index (κ1) is 14.0. The van der Waals surface area contributed by atoms with Gasteiger partial charge in [0.25, 0.3) is 0 Å². The Kier molecular flexibility index (Phi) is 3.41. The van der Waals surface area contributed by atoms with Crippen LogP contribution >= 0.6 is 0 Å². The number of nitrogens with zero attached hydrogens (tertiary/aromatic N) is 1. The van der Waals surface area contributed by atoms with Crippen molar-refractivity contribution in [2.45, 2.75) is 6.42 Å². The molecule has 0 radical (unpaired) electrons. The minimum atomic E-state index is -4.56. The molecule has 0 N–H and O–H groups in total. The van der Waals surface area contributed by atoms with Crippen LogP contribution in [0.1, 0.15) is 6.42 Å². The first-order valence-electron chi connectivity index (χ1n) is 6.64. The predicted octanol–water partition coefficient (Wildman–Crippen LogP) is 2.49. The Morgan fingerprint density at radius 2 is 1.86 bits per heavy atom. The number of anilines is 1. The van der Waals surface area contributed by atoms with Crippen LogP contribution in [0.2, 0.25) is 0 Å². The summed E-state index contributed by atoms with van der Waals surface area (Å²) in [5.74, 6) is -1.26. The van der Waals surface area contributed by atoms with E-state index in [4.69, 9.17) is 0 Å². The van der Waals surface area contributed by atoms with Crippen LogP contribution in [-0.4, -0.2) is 26.6 Å². The van der Waals surface area contributed by atoms with Crippen LogP contribution in [0.5, 0.6) is 0 Å². The van der Waals surface area contributed by atoms with Crippen molar-refractivity contribution in [1.29, 1.82) is 0 Å². The summed E-state index contributed by atoms with van der Waals surface area (Å²) in [5, 5.41) is 1.93. The first-order chi connectivity index (χ1) is 9.94. The van der Waals surface area contributed by atoms with E-state index in [0.717, 1.165) is 16.5 Å². The topological polar surface area (TPSA) is 54.5 Å². The smallest absolute Gasteiger partial charge is 0.302 e. The molecular weight excluding hydrogens is 293 g/mol. The van der Waals surface area contributed by atoms with Crippen LogP contribution in [0, 0.1) is 5.92 Å². The van der Waals surface area contributed by atoms with Crippen molar-refractivity contribution in [2.75, 3.05) is 17.2 Å². The van der Waals surface area contributed by atoms with Crippen molar-refractivity contribution >= 4 is 32.6 Å². The minimum absolute atomic E-state index is 0.0619. The van der Waals surface area contributed by atoms with E-state index in [0.29, 0.717) is 0 Å². The summed E-state index contributed by atoms with van der Waals surface area (Å²) in [5.41, 5.74) is 0.747. The van der Waals surface area contributed by atoms with E-state index in [-0.39, 0.29) is 18.9 Å². The van der Waals surface area contributed by atoms with Crippen LogP contribution in [0.3, 0.4) is 0 Å². The van der Waals surface area contributed by atoms with Gasteiger partial charge in [-0.1, -0.05) is 36.4 Å². The highest BCUT2D eigenvalue weighted by Crippen LogP contribution is 2.32. The molecule has 2 aromatic rings. The number of hydrogen-bond donors (Lipinski definition) is 0. The fourth-order valence-corrected chi connectivity index (χ4v) is 3.64. The van der Waals surface area contributed by atoms with Crippen LogP contribution < -0.4 is 4.90 Å². The van der Waals surface area contributed by atoms with Gasteiger partial charge in [0.2, 0.25) is 5.91 Å². The number of carbonyl (C=O) groups excluding carboxylic acids is 1. The van der Waals surface area contributed by atoms with Gasteiger partial charge in [0.1, 0.15) is 0 Å². The Morgan fingerprint density at radius 3 is 2.62 bits per heavy atom. The summed E-state index contributed by atoms with van der Waals surface area (Å²) < 4.78 is 34.3. The van der Waals surface area contributed by atoms with Crippen LogP contribution in [-0.2, 0) is 15.0 Å². The molecule has 1 fully saturated rings. The third kappa shape index (κ3) is 2.90. The van der Waals surface area contributed by atoms with E-state index in [2.05, 4.69) is 0 Å². The lowest BCUT2D eigenvalue weighted by Gasteiger charge is -2.18. The Hall–Kier alpha value is -1.95. The van der Waals surface area contributed by atoms with E-state index in [9.17, 15) is 17.1 Å². The van der Waals surface area contributed by atoms with Crippen LogP contribution in [0.25, 0.3) is 10.8 Å². The van der Waals surface area contributed by atoms with Crippen molar-refractivity contribution < 1.29 is 17.1 Å². The summed E-state index contributed by atoms with van der Waals surface area (Å²) in [4.78, 5) is 13.7. The molecule has 0 saturated carbocycles. The highest BCUT2D eigenvalue weighted by atomic mass is 32.3. The highest BCUT2D eigenvalue weighted by molar-refractivity contribution is 7.86. The summed E-state index contributed by atoms with van der Waals surface area (Å²) in [6, 6.07) is 13.3. The molecule has 2 aromatic carbocycles. The Balaban J connectivity index is 1.95. The zero-order chi connectivity index (χ0) is 15.0. The molecule has 1 saturated heterocycles. The van der Waals surface area contributed by atoms with Gasteiger partial charge in [0.15, 0.2) is 0 Å². The fourth-order valence-electron chi connectivity index (χ4n) is 2.85. The second-order valence-corrected chi connectivity index (χ2v) is 6.69. The summed E-state index contributed by atoms with van der Waals surface area (Å²) >= 11 is 0. The largest absolute Gasteiger partial charge is 0.311 e. The van der Waals surface area contributed by atoms with E-state index < -0.39 is 21.9 Å². The maximum absolute atomic E-state index is 12.8. The van der Waals surface area contributed by atoms with Gasteiger partial charge < -0.3 is 4.90 Å². The molecule has 0 aliphatic carbocycles. The van der Waals surface area contributed by atoms with Gasteiger partial charge >= 0.3 is 10.2 Å². The SMILES string of the molecule is O=C1CC(CS(=O)(=O)F)CN1c1cccc2ccccc12. The molecule has 110 valence electrons. The molecule has 1 atom stereocenters.